The summed E-state index contributed by atoms with van der Waals surface area (Å²) in [6.45, 7) is -0.454. The Hall–Kier alpha value is -1.95. The molecule has 1 aliphatic carbocycles. The predicted octanol–water partition coefficient (Wildman–Crippen LogP) is 4.17. The van der Waals surface area contributed by atoms with Crippen molar-refractivity contribution in [2.45, 2.75) is 37.6 Å². The van der Waals surface area contributed by atoms with Gasteiger partial charge in [0.05, 0.1) is 18.2 Å². The van der Waals surface area contributed by atoms with Crippen molar-refractivity contribution < 1.29 is 18.3 Å². The lowest BCUT2D eigenvalue weighted by Crippen LogP contribution is -2.39. The van der Waals surface area contributed by atoms with E-state index in [1.807, 2.05) is 12.1 Å². The summed E-state index contributed by atoms with van der Waals surface area (Å²) in [7, 11) is 0. The summed E-state index contributed by atoms with van der Waals surface area (Å²) in [5.74, 6) is -2.52. The number of carbonyl (C=O) groups excluding carboxylic acids is 1. The molecular weight excluding hydrogens is 344 g/mol. The fourth-order valence-corrected chi connectivity index (χ4v) is 4.30. The number of hydrogen-bond donors (Lipinski definition) is 0. The van der Waals surface area contributed by atoms with Crippen LogP contribution in [0.5, 0.6) is 5.75 Å². The molecule has 1 aromatic heterocycles. The molecule has 2 heterocycles. The quantitative estimate of drug-likeness (QED) is 0.816. The summed E-state index contributed by atoms with van der Waals surface area (Å²) in [4.78, 5) is 13.8. The maximum Gasteiger partial charge on any atom is 0.267 e. The molecule has 6 heteroatoms. The van der Waals surface area contributed by atoms with E-state index in [1.165, 1.54) is 27.4 Å². The zero-order valence-corrected chi connectivity index (χ0v) is 14.5. The van der Waals surface area contributed by atoms with Gasteiger partial charge in [-0.15, -0.1) is 0 Å². The van der Waals surface area contributed by atoms with Crippen molar-refractivity contribution in [3.63, 3.8) is 0 Å². The summed E-state index contributed by atoms with van der Waals surface area (Å²) < 4.78 is 33.6. The van der Waals surface area contributed by atoms with Crippen LogP contribution < -0.4 is 4.74 Å². The van der Waals surface area contributed by atoms with E-state index < -0.39 is 18.5 Å². The number of rotatable bonds is 4. The van der Waals surface area contributed by atoms with E-state index >= 15 is 0 Å². The number of nitrogens with zero attached hydrogens (tertiary/aromatic N) is 1. The Kier molecular flexibility index (Phi) is 4.23. The van der Waals surface area contributed by atoms with Crippen molar-refractivity contribution in [2.75, 3.05) is 13.2 Å². The number of benzene rings is 1. The van der Waals surface area contributed by atoms with E-state index in [0.717, 1.165) is 19.3 Å². The fraction of sp³-hybridized carbons (Fsp3) is 0.421. The topological polar surface area (TPSA) is 29.5 Å². The summed E-state index contributed by atoms with van der Waals surface area (Å²) in [6, 6.07) is 7.00. The number of halogens is 2. The molecule has 2 aromatic rings. The van der Waals surface area contributed by atoms with Crippen LogP contribution in [0.1, 0.15) is 34.3 Å². The first-order valence-corrected chi connectivity index (χ1v) is 9.42. The van der Waals surface area contributed by atoms with Crippen molar-refractivity contribution in [1.29, 1.82) is 0 Å². The molecule has 0 radical (unpaired) electrons. The number of likely N-dealkylation sites (tertiary alicyclic amines) is 1. The summed E-state index contributed by atoms with van der Waals surface area (Å²) in [5, 5.41) is 3.47. The highest BCUT2D eigenvalue weighted by Crippen LogP contribution is 2.34. The Morgan fingerprint density at radius 3 is 2.92 bits per heavy atom. The number of ether oxygens (including phenoxy) is 1. The monoisotopic (exact) mass is 363 g/mol. The smallest absolute Gasteiger partial charge is 0.267 e. The number of carbonyl (C=O) groups is 1. The molecule has 0 unspecified atom stereocenters. The van der Waals surface area contributed by atoms with Gasteiger partial charge in [-0.1, -0.05) is 6.07 Å². The van der Waals surface area contributed by atoms with Crippen molar-refractivity contribution in [1.82, 2.24) is 4.90 Å². The molecule has 1 aromatic carbocycles. The van der Waals surface area contributed by atoms with Crippen LogP contribution in [-0.2, 0) is 12.8 Å². The van der Waals surface area contributed by atoms with Crippen LogP contribution in [0.3, 0.4) is 0 Å². The molecular formula is C19H19F2NO2S. The maximum absolute atomic E-state index is 13.9. The summed E-state index contributed by atoms with van der Waals surface area (Å²) in [6.07, 6.45) is 2.93. The second-order valence-electron chi connectivity index (χ2n) is 6.75. The number of amides is 1. The highest BCUT2D eigenvalue weighted by atomic mass is 32.1. The SMILES string of the molecule is O=C(c1ccsc1)N1CC(F)(F)C[C@H]1COc1ccc2c(c1)CCC2. The average molecular weight is 363 g/mol. The van der Waals surface area contributed by atoms with Crippen LogP contribution in [-0.4, -0.2) is 35.9 Å². The van der Waals surface area contributed by atoms with Crippen LogP contribution in [0, 0.1) is 0 Å². The van der Waals surface area contributed by atoms with Crippen molar-refractivity contribution >= 4 is 17.2 Å². The normalized spacial score (nSPS) is 21.4. The number of alkyl halides is 2. The lowest BCUT2D eigenvalue weighted by atomic mass is 10.1. The molecule has 1 atom stereocenters. The lowest BCUT2D eigenvalue weighted by molar-refractivity contribution is 0.0116. The molecule has 3 nitrogen and oxygen atoms in total. The first kappa shape index (κ1) is 16.5. The zero-order valence-electron chi connectivity index (χ0n) is 13.7. The van der Waals surface area contributed by atoms with E-state index in [4.69, 9.17) is 4.74 Å². The molecule has 0 spiro atoms. The zero-order chi connectivity index (χ0) is 17.4. The molecule has 4 rings (SSSR count). The molecule has 0 bridgehead atoms. The van der Waals surface area contributed by atoms with Crippen LogP contribution >= 0.6 is 11.3 Å². The Bertz CT molecular complexity index is 776. The minimum atomic E-state index is -2.86. The Morgan fingerprint density at radius 2 is 2.12 bits per heavy atom. The van der Waals surface area contributed by atoms with Crippen LogP contribution in [0.4, 0.5) is 8.78 Å². The van der Waals surface area contributed by atoms with Crippen LogP contribution in [0.15, 0.2) is 35.0 Å². The molecule has 25 heavy (non-hydrogen) atoms. The van der Waals surface area contributed by atoms with Gasteiger partial charge < -0.3 is 9.64 Å². The third-order valence-corrected chi connectivity index (χ3v) is 5.60. The molecule has 1 aliphatic heterocycles. The van der Waals surface area contributed by atoms with Gasteiger partial charge in [0.1, 0.15) is 12.4 Å². The van der Waals surface area contributed by atoms with Crippen LogP contribution in [0.2, 0.25) is 0 Å². The van der Waals surface area contributed by atoms with Gasteiger partial charge in [0.25, 0.3) is 11.8 Å². The first-order valence-electron chi connectivity index (χ1n) is 8.47. The predicted molar refractivity (Wildman–Crippen MR) is 92.7 cm³/mol. The van der Waals surface area contributed by atoms with Gasteiger partial charge in [0, 0.05) is 11.8 Å². The van der Waals surface area contributed by atoms with Gasteiger partial charge in [0.2, 0.25) is 0 Å². The first-order chi connectivity index (χ1) is 12.0. The maximum atomic E-state index is 13.9. The Balaban J connectivity index is 1.47. The molecule has 1 saturated heterocycles. The van der Waals surface area contributed by atoms with Crippen LogP contribution in [0.25, 0.3) is 0 Å². The molecule has 2 aliphatic rings. The largest absolute Gasteiger partial charge is 0.491 e. The Labute approximate surface area is 149 Å². The molecule has 132 valence electrons. The van der Waals surface area contributed by atoms with Gasteiger partial charge in [0.15, 0.2) is 0 Å². The van der Waals surface area contributed by atoms with E-state index in [0.29, 0.717) is 11.3 Å². The van der Waals surface area contributed by atoms with Crippen molar-refractivity contribution in [3.05, 3.63) is 51.7 Å². The van der Waals surface area contributed by atoms with Gasteiger partial charge >= 0.3 is 0 Å². The van der Waals surface area contributed by atoms with E-state index in [1.54, 1.807) is 16.8 Å². The van der Waals surface area contributed by atoms with E-state index in [9.17, 15) is 13.6 Å². The lowest BCUT2D eigenvalue weighted by Gasteiger charge is -2.23. The molecule has 1 fully saturated rings. The van der Waals surface area contributed by atoms with Gasteiger partial charge in [-0.2, -0.15) is 11.3 Å². The molecule has 0 N–H and O–H groups in total. The third-order valence-electron chi connectivity index (χ3n) is 4.92. The standard InChI is InChI=1S/C19H19F2NO2S/c20-19(21)9-16(22(12-19)18(23)15-6-7-25-11-15)10-24-17-5-4-13-2-1-3-14(13)8-17/h4-8,11,16H,1-3,9-10,12H2/t16-/m0/s1. The third kappa shape index (κ3) is 3.40. The minimum Gasteiger partial charge on any atom is -0.491 e. The van der Waals surface area contributed by atoms with Crippen molar-refractivity contribution in [3.8, 4) is 5.75 Å². The fourth-order valence-electron chi connectivity index (χ4n) is 3.67. The second-order valence-corrected chi connectivity index (χ2v) is 7.53. The number of thiophene rings is 1. The van der Waals surface area contributed by atoms with E-state index in [-0.39, 0.29) is 18.9 Å². The minimum absolute atomic E-state index is 0.0876. The summed E-state index contributed by atoms with van der Waals surface area (Å²) >= 11 is 1.38. The van der Waals surface area contributed by atoms with E-state index in [2.05, 4.69) is 6.07 Å². The van der Waals surface area contributed by atoms with Gasteiger partial charge in [-0.25, -0.2) is 8.78 Å². The second kappa shape index (κ2) is 6.41. The highest BCUT2D eigenvalue weighted by Gasteiger charge is 2.47. The summed E-state index contributed by atoms with van der Waals surface area (Å²) in [5.41, 5.74) is 3.08. The number of hydrogen-bond acceptors (Lipinski definition) is 3. The van der Waals surface area contributed by atoms with Gasteiger partial charge in [-0.05, 0) is 54.0 Å². The Morgan fingerprint density at radius 1 is 1.28 bits per heavy atom. The number of aryl methyl sites for hydroxylation is 2. The number of fused-ring (bicyclic) bond motifs is 1. The molecule has 1 amide bonds. The average Bonchev–Trinajstić information content (AvgIpc) is 3.31. The molecule has 0 saturated carbocycles. The highest BCUT2D eigenvalue weighted by molar-refractivity contribution is 7.08. The van der Waals surface area contributed by atoms with Crippen molar-refractivity contribution in [2.24, 2.45) is 0 Å². The van der Waals surface area contributed by atoms with Gasteiger partial charge in [-0.3, -0.25) is 4.79 Å².